The van der Waals surface area contributed by atoms with Gasteiger partial charge in [0.2, 0.25) is 0 Å². The lowest BCUT2D eigenvalue weighted by Gasteiger charge is -2.61. The van der Waals surface area contributed by atoms with Crippen molar-refractivity contribution in [2.45, 2.75) is 363 Å². The number of ether oxygens (including phenoxy) is 4. The normalized spacial score (nSPS) is 42.8. The Balaban J connectivity index is 0.000000127. The summed E-state index contributed by atoms with van der Waals surface area (Å²) in [5.74, 6) is 17.2. The second-order valence-electron chi connectivity index (χ2n) is 37.4. The van der Waals surface area contributed by atoms with Crippen molar-refractivity contribution < 1.29 is 38.1 Å². The van der Waals surface area contributed by atoms with E-state index in [1.165, 1.54) is 173 Å². The third-order valence-corrected chi connectivity index (χ3v) is 31.4. The highest BCUT2D eigenvalue weighted by Crippen LogP contribution is 2.68. The monoisotopic (exact) mass is 1290 g/mol. The van der Waals surface area contributed by atoms with Crippen molar-refractivity contribution >= 4 is 23.9 Å². The number of carbonyl (C=O) groups is 4. The van der Waals surface area contributed by atoms with Gasteiger partial charge in [-0.05, 0) is 326 Å². The molecule has 15 fully saturated rings. The van der Waals surface area contributed by atoms with Crippen molar-refractivity contribution in [2.24, 2.45) is 147 Å². The Morgan fingerprint density at radius 2 is 0.785 bits per heavy atom. The van der Waals surface area contributed by atoms with Gasteiger partial charge in [0, 0.05) is 5.41 Å². The maximum atomic E-state index is 13.2. The van der Waals surface area contributed by atoms with Crippen LogP contribution in [-0.4, -0.2) is 46.3 Å². The van der Waals surface area contributed by atoms with E-state index in [0.29, 0.717) is 29.6 Å². The van der Waals surface area contributed by atoms with Gasteiger partial charge in [0.15, 0.2) is 0 Å². The van der Waals surface area contributed by atoms with Crippen molar-refractivity contribution in [3.05, 3.63) is 0 Å². The Hall–Kier alpha value is -2.12. The topological polar surface area (TPSA) is 105 Å². The lowest BCUT2D eigenvalue weighted by Crippen LogP contribution is -2.57. The van der Waals surface area contributed by atoms with Gasteiger partial charge in [-0.3, -0.25) is 19.2 Å². The molecule has 0 aliphatic heterocycles. The SMILES string of the molecule is CCC1CC(CC)C(C(=O)OC(C)(C)C23CC4CC(CC(C4)C2)C3)C1.CCC1CC(CC)C(C(=O)OC2(C3CCCCC3)CCCC2)C1.CCC1CC(CC)C2C3CC(CC3C(=O)OC(C)(C)C)C12.CCC1CC(CC)C2C3CC(CC3C(=O)OC3(CC)CCCC3)C12. The fourth-order valence-electron chi connectivity index (χ4n) is 26.9. The fourth-order valence-corrected chi connectivity index (χ4v) is 26.9. The average molecular weight is 1290 g/mol. The van der Waals surface area contributed by atoms with Gasteiger partial charge in [-0.25, -0.2) is 0 Å². The zero-order valence-electron chi connectivity index (χ0n) is 62.5. The Labute approximate surface area is 569 Å². The molecule has 0 aromatic carbocycles. The first-order chi connectivity index (χ1) is 44.5. The number of esters is 4. The standard InChI is InChI=1S/C23H38O2.C22H36O2.C21H36O2.C19H32O2/c1-5-15-10-19(6-2)20(11-15)21(24)25-22(3,4)23-12-16-7-17(13-23)9-18(8-16)14-23;1-4-14-11-15(5-2)20-17-12-16(19(14)20)13-18(17)21(23)24-22(6-3)9-7-8-10-22;1-3-16-14-17(4-2)19(15-16)20(22)23-21(12-8-9-13-21)18-10-6-5-7-11-18;1-6-11-8-12(7-2)17-14-9-13(16(11)17)10-15(14)18(20)21-19(3,4)5/h15-20H,5-14H2,1-4H3;14-20H,4-13H2,1-3H3;16-19H,3-15H2,1-2H3;11-17H,6-10H2,1-5H3. The summed E-state index contributed by atoms with van der Waals surface area (Å²) in [5, 5.41) is 0. The summed E-state index contributed by atoms with van der Waals surface area (Å²) in [4.78, 5) is 51.9. The molecule has 0 saturated heterocycles. The van der Waals surface area contributed by atoms with E-state index in [1.807, 2.05) is 20.8 Å². The summed E-state index contributed by atoms with van der Waals surface area (Å²) in [5.41, 5.74) is -0.557. The van der Waals surface area contributed by atoms with E-state index >= 15 is 0 Å². The molecule has 0 spiro atoms. The van der Waals surface area contributed by atoms with Crippen LogP contribution in [-0.2, 0) is 38.1 Å². The highest BCUT2D eigenvalue weighted by atomic mass is 16.6. The molecule has 0 radical (unpaired) electrons. The maximum absolute atomic E-state index is 13.2. The van der Waals surface area contributed by atoms with Crippen LogP contribution in [0.5, 0.6) is 0 Å². The van der Waals surface area contributed by atoms with Gasteiger partial charge in [0.25, 0.3) is 0 Å². The maximum Gasteiger partial charge on any atom is 0.309 e. The summed E-state index contributed by atoms with van der Waals surface area (Å²) >= 11 is 0. The van der Waals surface area contributed by atoms with E-state index in [1.54, 1.807) is 0 Å². The molecule has 0 aromatic rings. The Morgan fingerprint density at radius 3 is 1.22 bits per heavy atom. The minimum Gasteiger partial charge on any atom is -0.460 e. The lowest BCUT2D eigenvalue weighted by atomic mass is 9.46. The van der Waals surface area contributed by atoms with Crippen LogP contribution < -0.4 is 0 Å². The summed E-state index contributed by atoms with van der Waals surface area (Å²) in [7, 11) is 0. The molecule has 0 aromatic heterocycles. The number of carbonyl (C=O) groups excluding carboxylic acids is 4. The zero-order chi connectivity index (χ0) is 66.4. The minimum absolute atomic E-state index is 0.0832. The minimum atomic E-state index is -0.343. The third kappa shape index (κ3) is 14.8. The van der Waals surface area contributed by atoms with Gasteiger partial charge in [0.1, 0.15) is 22.4 Å². The Kier molecular flexibility index (Phi) is 23.3. The molecule has 8 nitrogen and oxygen atoms in total. The molecule has 93 heavy (non-hydrogen) atoms. The van der Waals surface area contributed by atoms with Crippen LogP contribution in [0.3, 0.4) is 0 Å². The average Bonchev–Trinajstić information content (AvgIpc) is 1.70. The van der Waals surface area contributed by atoms with Gasteiger partial charge in [0.05, 0.1) is 23.7 Å². The van der Waals surface area contributed by atoms with Crippen LogP contribution in [0, 0.1) is 147 Å². The zero-order valence-corrected chi connectivity index (χ0v) is 62.5. The van der Waals surface area contributed by atoms with E-state index in [4.69, 9.17) is 18.9 Å². The number of fused-ring (bicyclic) bond motifs is 10. The molecule has 0 N–H and O–H groups in total. The molecular formula is C85H142O8. The van der Waals surface area contributed by atoms with Crippen molar-refractivity contribution in [1.29, 1.82) is 0 Å². The molecule has 8 heteroatoms. The van der Waals surface area contributed by atoms with Crippen molar-refractivity contribution in [3.63, 3.8) is 0 Å². The first kappa shape index (κ1) is 72.1. The van der Waals surface area contributed by atoms with Gasteiger partial charge >= 0.3 is 23.9 Å². The molecule has 20 unspecified atom stereocenters. The molecule has 0 heterocycles. The molecule has 15 rings (SSSR count). The number of rotatable bonds is 18. The van der Waals surface area contributed by atoms with Crippen molar-refractivity contribution in [3.8, 4) is 0 Å². The quantitative estimate of drug-likeness (QED) is 0.0987. The molecule has 0 amide bonds. The molecule has 15 aliphatic carbocycles. The highest BCUT2D eigenvalue weighted by Gasteiger charge is 2.64. The van der Waals surface area contributed by atoms with Crippen molar-refractivity contribution in [1.82, 2.24) is 0 Å². The second kappa shape index (κ2) is 30.0. The lowest BCUT2D eigenvalue weighted by molar-refractivity contribution is -0.203. The van der Waals surface area contributed by atoms with E-state index in [2.05, 4.69) is 76.2 Å². The van der Waals surface area contributed by atoms with E-state index in [0.717, 1.165) is 159 Å². The van der Waals surface area contributed by atoms with E-state index < -0.39 is 0 Å². The van der Waals surface area contributed by atoms with Crippen LogP contribution in [0.2, 0.25) is 0 Å². The molecule has 15 saturated carbocycles. The molecular weight excluding hydrogens is 1150 g/mol. The van der Waals surface area contributed by atoms with Crippen molar-refractivity contribution in [2.75, 3.05) is 0 Å². The number of hydrogen-bond acceptors (Lipinski definition) is 8. The van der Waals surface area contributed by atoms with Crippen LogP contribution >= 0.6 is 0 Å². The largest absolute Gasteiger partial charge is 0.460 e. The van der Waals surface area contributed by atoms with E-state index in [-0.39, 0.29) is 75.4 Å². The highest BCUT2D eigenvalue weighted by molar-refractivity contribution is 5.75. The summed E-state index contributed by atoms with van der Waals surface area (Å²) < 4.78 is 24.7. The molecule has 8 bridgehead atoms. The third-order valence-electron chi connectivity index (χ3n) is 31.4. The first-order valence-corrected chi connectivity index (χ1v) is 41.4. The first-order valence-electron chi connectivity index (χ1n) is 41.4. The molecule has 15 aliphatic rings. The Morgan fingerprint density at radius 1 is 0.376 bits per heavy atom. The molecule has 20 atom stereocenters. The van der Waals surface area contributed by atoms with E-state index in [9.17, 15) is 19.2 Å². The van der Waals surface area contributed by atoms with Crippen LogP contribution in [0.25, 0.3) is 0 Å². The van der Waals surface area contributed by atoms with Gasteiger partial charge < -0.3 is 18.9 Å². The van der Waals surface area contributed by atoms with Gasteiger partial charge in [-0.1, -0.05) is 133 Å². The predicted molar refractivity (Wildman–Crippen MR) is 376 cm³/mol. The Bertz CT molecular complexity index is 2430. The fraction of sp³-hybridized carbons (Fsp3) is 0.953. The van der Waals surface area contributed by atoms with Crippen LogP contribution in [0.1, 0.15) is 341 Å². The predicted octanol–water partition coefficient (Wildman–Crippen LogP) is 22.1. The van der Waals surface area contributed by atoms with Crippen LogP contribution in [0.15, 0.2) is 0 Å². The van der Waals surface area contributed by atoms with Crippen LogP contribution in [0.4, 0.5) is 0 Å². The molecule has 530 valence electrons. The second-order valence-corrected chi connectivity index (χ2v) is 37.4. The summed E-state index contributed by atoms with van der Waals surface area (Å²) in [6.07, 6.45) is 47.5. The summed E-state index contributed by atoms with van der Waals surface area (Å²) in [6, 6.07) is 0. The van der Waals surface area contributed by atoms with Gasteiger partial charge in [-0.2, -0.15) is 0 Å². The smallest absolute Gasteiger partial charge is 0.309 e. The van der Waals surface area contributed by atoms with Gasteiger partial charge in [-0.15, -0.1) is 0 Å². The number of hydrogen-bond donors (Lipinski definition) is 0. The summed E-state index contributed by atoms with van der Waals surface area (Å²) in [6.45, 7) is 31.1.